The van der Waals surface area contributed by atoms with Gasteiger partial charge in [-0.1, -0.05) is 30.1 Å². The van der Waals surface area contributed by atoms with Crippen LogP contribution in [0.2, 0.25) is 10.0 Å². The molecule has 0 fully saturated rings. The molecule has 106 valence electrons. The van der Waals surface area contributed by atoms with Crippen LogP contribution in [0.4, 0.5) is 0 Å². The number of benzene rings is 1. The van der Waals surface area contributed by atoms with E-state index in [-0.39, 0.29) is 12.3 Å². The first-order valence-corrected chi connectivity index (χ1v) is 6.71. The van der Waals surface area contributed by atoms with Crippen LogP contribution in [0, 0.1) is 5.92 Å². The van der Waals surface area contributed by atoms with Gasteiger partial charge in [-0.2, -0.15) is 0 Å². The molecule has 1 atom stereocenters. The summed E-state index contributed by atoms with van der Waals surface area (Å²) in [5.74, 6) is -0.247. The molecule has 0 saturated heterocycles. The number of carboxylic acid groups (broad SMARTS) is 1. The first kappa shape index (κ1) is 14.8. The van der Waals surface area contributed by atoms with Crippen molar-refractivity contribution in [2.75, 3.05) is 0 Å². The summed E-state index contributed by atoms with van der Waals surface area (Å²) < 4.78 is 5.50. The van der Waals surface area contributed by atoms with E-state index in [1.54, 1.807) is 18.2 Å². The maximum Gasteiger partial charge on any atom is 0.303 e. The number of rotatable bonds is 5. The third kappa shape index (κ3) is 3.71. The van der Waals surface area contributed by atoms with Gasteiger partial charge in [0.05, 0.1) is 10.6 Å². The van der Waals surface area contributed by atoms with Gasteiger partial charge in [0, 0.05) is 17.9 Å². The third-order valence-electron chi connectivity index (χ3n) is 2.67. The molecule has 0 amide bonds. The molecule has 0 aliphatic carbocycles. The molecule has 7 heteroatoms. The van der Waals surface area contributed by atoms with Crippen LogP contribution in [0.15, 0.2) is 22.6 Å². The summed E-state index contributed by atoms with van der Waals surface area (Å²) >= 11 is 11.9. The van der Waals surface area contributed by atoms with Gasteiger partial charge in [-0.05, 0) is 24.1 Å². The highest BCUT2D eigenvalue weighted by Crippen LogP contribution is 2.29. The van der Waals surface area contributed by atoms with E-state index in [1.165, 1.54) is 0 Å². The number of halogens is 2. The second-order valence-electron chi connectivity index (χ2n) is 4.53. The van der Waals surface area contributed by atoms with Crippen molar-refractivity contribution in [2.24, 2.45) is 5.92 Å². The fourth-order valence-electron chi connectivity index (χ4n) is 1.78. The molecular weight excluding hydrogens is 303 g/mol. The fourth-order valence-corrected chi connectivity index (χ4v) is 2.27. The maximum atomic E-state index is 10.6. The Morgan fingerprint density at radius 2 is 2.15 bits per heavy atom. The van der Waals surface area contributed by atoms with Crippen LogP contribution in [0.1, 0.15) is 19.2 Å². The zero-order chi connectivity index (χ0) is 14.7. The number of carbonyl (C=O) groups is 1. The van der Waals surface area contributed by atoms with Gasteiger partial charge in [-0.25, -0.2) is 0 Å². The van der Waals surface area contributed by atoms with Crippen molar-refractivity contribution in [1.29, 1.82) is 0 Å². The lowest BCUT2D eigenvalue weighted by Crippen LogP contribution is -2.07. The molecule has 1 aromatic carbocycles. The van der Waals surface area contributed by atoms with Crippen molar-refractivity contribution in [3.63, 3.8) is 0 Å². The van der Waals surface area contributed by atoms with Crippen molar-refractivity contribution in [2.45, 2.75) is 19.8 Å². The van der Waals surface area contributed by atoms with Crippen molar-refractivity contribution in [3.8, 4) is 11.5 Å². The Kier molecular flexibility index (Phi) is 4.62. The van der Waals surface area contributed by atoms with Crippen LogP contribution in [0.5, 0.6) is 0 Å². The van der Waals surface area contributed by atoms with Gasteiger partial charge < -0.3 is 9.52 Å². The molecule has 20 heavy (non-hydrogen) atoms. The van der Waals surface area contributed by atoms with Crippen molar-refractivity contribution < 1.29 is 14.3 Å². The second-order valence-corrected chi connectivity index (χ2v) is 5.38. The predicted molar refractivity (Wildman–Crippen MR) is 74.9 cm³/mol. The van der Waals surface area contributed by atoms with Crippen molar-refractivity contribution in [1.82, 2.24) is 10.2 Å². The summed E-state index contributed by atoms with van der Waals surface area (Å²) in [7, 11) is 0. The van der Waals surface area contributed by atoms with Gasteiger partial charge in [0.2, 0.25) is 11.8 Å². The maximum absolute atomic E-state index is 10.6. The normalized spacial score (nSPS) is 12.3. The minimum absolute atomic E-state index is 0.0550. The number of hydrogen-bond acceptors (Lipinski definition) is 4. The van der Waals surface area contributed by atoms with Crippen LogP contribution in [0.3, 0.4) is 0 Å². The molecular formula is C13H12Cl2N2O3. The Labute approximate surface area is 125 Å². The fraction of sp³-hybridized carbons (Fsp3) is 0.308. The minimum atomic E-state index is -0.849. The molecule has 0 spiro atoms. The van der Waals surface area contributed by atoms with Gasteiger partial charge >= 0.3 is 5.97 Å². The molecule has 2 aromatic rings. The third-order valence-corrected chi connectivity index (χ3v) is 3.22. The van der Waals surface area contributed by atoms with Crippen LogP contribution >= 0.6 is 23.2 Å². The largest absolute Gasteiger partial charge is 0.481 e. The highest BCUT2D eigenvalue weighted by Gasteiger charge is 2.15. The van der Waals surface area contributed by atoms with Gasteiger partial charge in [-0.3, -0.25) is 4.79 Å². The molecule has 1 aromatic heterocycles. The first-order chi connectivity index (χ1) is 9.45. The SMILES string of the molecule is CC(CC(=O)O)Cc1nnc(-c2ccc(Cl)cc2Cl)o1. The van der Waals surface area contributed by atoms with Crippen LogP contribution in [0.25, 0.3) is 11.5 Å². The lowest BCUT2D eigenvalue weighted by Gasteiger charge is -2.03. The smallest absolute Gasteiger partial charge is 0.303 e. The number of aliphatic carboxylic acids is 1. The Balaban J connectivity index is 2.14. The van der Waals surface area contributed by atoms with Gasteiger partial charge in [0.25, 0.3) is 0 Å². The molecule has 1 N–H and O–H groups in total. The van der Waals surface area contributed by atoms with Gasteiger partial charge in [0.15, 0.2) is 0 Å². The zero-order valence-corrected chi connectivity index (χ0v) is 12.1. The molecule has 0 aliphatic rings. The minimum Gasteiger partial charge on any atom is -0.481 e. The molecule has 0 saturated carbocycles. The molecule has 0 radical (unpaired) electrons. The zero-order valence-electron chi connectivity index (χ0n) is 10.6. The van der Waals surface area contributed by atoms with E-state index < -0.39 is 5.97 Å². The van der Waals surface area contributed by atoms with Crippen molar-refractivity contribution >= 4 is 29.2 Å². The summed E-state index contributed by atoms with van der Waals surface area (Å²) in [4.78, 5) is 10.6. The second kappa shape index (κ2) is 6.24. The van der Waals surface area contributed by atoms with Crippen LogP contribution < -0.4 is 0 Å². The highest BCUT2D eigenvalue weighted by molar-refractivity contribution is 6.36. The molecule has 2 rings (SSSR count). The highest BCUT2D eigenvalue weighted by atomic mass is 35.5. The van der Waals surface area contributed by atoms with Gasteiger partial charge in [0.1, 0.15) is 0 Å². The summed E-state index contributed by atoms with van der Waals surface area (Å²) in [6.45, 7) is 1.81. The summed E-state index contributed by atoms with van der Waals surface area (Å²) in [5.41, 5.74) is 0.598. The Morgan fingerprint density at radius 3 is 2.80 bits per heavy atom. The van der Waals surface area contributed by atoms with Crippen LogP contribution in [-0.2, 0) is 11.2 Å². The number of nitrogens with zero attached hydrogens (tertiary/aromatic N) is 2. The van der Waals surface area contributed by atoms with E-state index in [2.05, 4.69) is 10.2 Å². The molecule has 0 bridgehead atoms. The standard InChI is InChI=1S/C13H12Cl2N2O3/c1-7(5-12(18)19)4-11-16-17-13(20-11)9-3-2-8(14)6-10(9)15/h2-3,6-7H,4-5H2,1H3,(H,18,19). The molecule has 1 heterocycles. The quantitative estimate of drug-likeness (QED) is 0.910. The van der Waals surface area contributed by atoms with E-state index in [0.29, 0.717) is 33.8 Å². The monoisotopic (exact) mass is 314 g/mol. The Morgan fingerprint density at radius 1 is 1.40 bits per heavy atom. The number of carboxylic acids is 1. The van der Waals surface area contributed by atoms with E-state index in [0.717, 1.165) is 0 Å². The summed E-state index contributed by atoms with van der Waals surface area (Å²) in [5, 5.41) is 17.5. The predicted octanol–water partition coefficient (Wildman–Crippen LogP) is 3.70. The molecule has 5 nitrogen and oxygen atoms in total. The summed E-state index contributed by atoms with van der Waals surface area (Å²) in [6.07, 6.45) is 0.462. The molecule has 1 unspecified atom stereocenters. The van der Waals surface area contributed by atoms with Crippen LogP contribution in [-0.4, -0.2) is 21.3 Å². The number of hydrogen-bond donors (Lipinski definition) is 1. The lowest BCUT2D eigenvalue weighted by molar-refractivity contribution is -0.137. The average molecular weight is 315 g/mol. The average Bonchev–Trinajstić information content (AvgIpc) is 2.75. The van der Waals surface area contributed by atoms with E-state index in [4.69, 9.17) is 32.7 Å². The lowest BCUT2D eigenvalue weighted by atomic mass is 10.0. The van der Waals surface area contributed by atoms with E-state index >= 15 is 0 Å². The molecule has 0 aliphatic heterocycles. The number of aromatic nitrogens is 2. The Bertz CT molecular complexity index is 628. The summed E-state index contributed by atoms with van der Waals surface area (Å²) in [6, 6.07) is 4.97. The van der Waals surface area contributed by atoms with Crippen molar-refractivity contribution in [3.05, 3.63) is 34.1 Å². The van der Waals surface area contributed by atoms with Gasteiger partial charge in [-0.15, -0.1) is 10.2 Å². The topological polar surface area (TPSA) is 76.2 Å². The van der Waals surface area contributed by atoms with E-state index in [9.17, 15) is 4.79 Å². The van der Waals surface area contributed by atoms with E-state index in [1.807, 2.05) is 6.92 Å². The first-order valence-electron chi connectivity index (χ1n) is 5.95. The Hall–Kier alpha value is -1.59.